The lowest BCUT2D eigenvalue weighted by Crippen LogP contribution is -2.48. The van der Waals surface area contributed by atoms with Gasteiger partial charge in [-0.2, -0.15) is 5.26 Å². The maximum atomic E-state index is 9.42. The van der Waals surface area contributed by atoms with E-state index in [9.17, 15) is 5.26 Å². The summed E-state index contributed by atoms with van der Waals surface area (Å²) in [6, 6.07) is 4.37. The Morgan fingerprint density at radius 3 is 3.00 bits per heavy atom. The largest absolute Gasteiger partial charge is 0.377 e. The molecule has 0 N–H and O–H groups in total. The van der Waals surface area contributed by atoms with Gasteiger partial charge in [0, 0.05) is 25.9 Å². The van der Waals surface area contributed by atoms with Gasteiger partial charge in [-0.05, 0) is 50.7 Å². The van der Waals surface area contributed by atoms with Crippen LogP contribution in [0.3, 0.4) is 0 Å². The normalized spacial score (nSPS) is 25.4. The first-order chi connectivity index (χ1) is 9.65. The lowest BCUT2D eigenvalue weighted by molar-refractivity contribution is -0.00482. The third kappa shape index (κ3) is 2.27. The van der Waals surface area contributed by atoms with E-state index in [0.29, 0.717) is 5.56 Å². The molecule has 2 heterocycles. The summed E-state index contributed by atoms with van der Waals surface area (Å²) in [6.07, 6.45) is 5.41. The number of rotatable bonds is 2. The van der Waals surface area contributed by atoms with E-state index in [4.69, 9.17) is 9.72 Å². The van der Waals surface area contributed by atoms with Gasteiger partial charge in [0.25, 0.3) is 0 Å². The summed E-state index contributed by atoms with van der Waals surface area (Å²) in [5.41, 5.74) is 3.03. The van der Waals surface area contributed by atoms with Crippen LogP contribution in [-0.4, -0.2) is 30.8 Å². The van der Waals surface area contributed by atoms with Crippen LogP contribution >= 0.6 is 0 Å². The highest BCUT2D eigenvalue weighted by Gasteiger charge is 2.32. The molecule has 4 heteroatoms. The molecule has 1 unspecified atom stereocenters. The lowest BCUT2D eigenvalue weighted by atomic mass is 9.94. The second kappa shape index (κ2) is 5.06. The molecule has 1 atom stereocenters. The van der Waals surface area contributed by atoms with E-state index in [1.54, 1.807) is 7.11 Å². The fourth-order valence-corrected chi connectivity index (χ4v) is 3.34. The maximum absolute atomic E-state index is 9.42. The zero-order chi connectivity index (χ0) is 14.2. The quantitative estimate of drug-likeness (QED) is 0.829. The predicted octanol–water partition coefficient (Wildman–Crippen LogP) is 2.45. The van der Waals surface area contributed by atoms with Gasteiger partial charge < -0.3 is 9.64 Å². The van der Waals surface area contributed by atoms with Gasteiger partial charge in [0.1, 0.15) is 11.9 Å². The standard InChI is InChI=1S/C16H21N3O/c1-16(20-2)7-4-8-19(11-16)15-13(10-17)9-12-5-3-6-14(12)18-15/h9H,3-8,11H2,1-2H3. The van der Waals surface area contributed by atoms with Gasteiger partial charge in [-0.25, -0.2) is 4.98 Å². The van der Waals surface area contributed by atoms with Crippen molar-refractivity contribution in [1.82, 2.24) is 4.98 Å². The molecular formula is C16H21N3O. The van der Waals surface area contributed by atoms with E-state index in [1.165, 1.54) is 11.3 Å². The summed E-state index contributed by atoms with van der Waals surface area (Å²) in [7, 11) is 1.77. The highest BCUT2D eigenvalue weighted by molar-refractivity contribution is 5.57. The van der Waals surface area contributed by atoms with Crippen molar-refractivity contribution in [2.75, 3.05) is 25.1 Å². The van der Waals surface area contributed by atoms with Crippen molar-refractivity contribution < 1.29 is 4.74 Å². The number of nitriles is 1. The van der Waals surface area contributed by atoms with Crippen LogP contribution in [0.15, 0.2) is 6.07 Å². The number of nitrogens with zero attached hydrogens (tertiary/aromatic N) is 3. The summed E-state index contributed by atoms with van der Waals surface area (Å²) in [5.74, 6) is 0.858. The number of piperidine rings is 1. The van der Waals surface area contributed by atoms with E-state index in [1.807, 2.05) is 6.07 Å². The smallest absolute Gasteiger partial charge is 0.146 e. The monoisotopic (exact) mass is 271 g/mol. The molecule has 2 aliphatic rings. The summed E-state index contributed by atoms with van der Waals surface area (Å²) < 4.78 is 5.64. The number of hydrogen-bond acceptors (Lipinski definition) is 4. The molecule has 1 aliphatic heterocycles. The number of ether oxygens (including phenoxy) is 1. The van der Waals surface area contributed by atoms with Crippen molar-refractivity contribution in [1.29, 1.82) is 5.26 Å². The second-order valence-electron chi connectivity index (χ2n) is 6.11. The number of aryl methyl sites for hydroxylation is 2. The third-order valence-electron chi connectivity index (χ3n) is 4.60. The van der Waals surface area contributed by atoms with Gasteiger partial charge in [-0.15, -0.1) is 0 Å². The molecule has 1 fully saturated rings. The topological polar surface area (TPSA) is 49.1 Å². The first-order valence-corrected chi connectivity index (χ1v) is 7.38. The van der Waals surface area contributed by atoms with Gasteiger partial charge >= 0.3 is 0 Å². The molecule has 1 aromatic heterocycles. The molecule has 0 saturated carbocycles. The van der Waals surface area contributed by atoms with Gasteiger partial charge in [0.05, 0.1) is 11.2 Å². The number of aromatic nitrogens is 1. The highest BCUT2D eigenvalue weighted by atomic mass is 16.5. The summed E-state index contributed by atoms with van der Waals surface area (Å²) in [4.78, 5) is 7.02. The van der Waals surface area contributed by atoms with Crippen LogP contribution in [0.2, 0.25) is 0 Å². The average Bonchev–Trinajstić information content (AvgIpc) is 2.93. The van der Waals surface area contributed by atoms with E-state index in [-0.39, 0.29) is 5.60 Å². The van der Waals surface area contributed by atoms with Crippen molar-refractivity contribution in [2.24, 2.45) is 0 Å². The SMILES string of the molecule is COC1(C)CCCN(c2nc3c(cc2C#N)CCC3)C1. The van der Waals surface area contributed by atoms with E-state index in [0.717, 1.165) is 51.0 Å². The highest BCUT2D eigenvalue weighted by Crippen LogP contribution is 2.31. The minimum absolute atomic E-state index is 0.133. The molecule has 1 saturated heterocycles. The van der Waals surface area contributed by atoms with Crippen molar-refractivity contribution in [3.05, 3.63) is 22.9 Å². The number of anilines is 1. The lowest BCUT2D eigenvalue weighted by Gasteiger charge is -2.40. The van der Waals surface area contributed by atoms with E-state index in [2.05, 4.69) is 17.9 Å². The predicted molar refractivity (Wildman–Crippen MR) is 77.8 cm³/mol. The fraction of sp³-hybridized carbons (Fsp3) is 0.625. The van der Waals surface area contributed by atoms with Crippen LogP contribution < -0.4 is 4.90 Å². The molecule has 20 heavy (non-hydrogen) atoms. The fourth-order valence-electron chi connectivity index (χ4n) is 3.34. The third-order valence-corrected chi connectivity index (χ3v) is 4.60. The number of hydrogen-bond donors (Lipinski definition) is 0. The second-order valence-corrected chi connectivity index (χ2v) is 6.11. The Morgan fingerprint density at radius 2 is 2.25 bits per heavy atom. The Balaban J connectivity index is 1.95. The molecular weight excluding hydrogens is 250 g/mol. The Kier molecular flexibility index (Phi) is 3.39. The van der Waals surface area contributed by atoms with E-state index < -0.39 is 0 Å². The Bertz CT molecular complexity index is 564. The zero-order valence-corrected chi connectivity index (χ0v) is 12.3. The van der Waals surface area contributed by atoms with Crippen molar-refractivity contribution >= 4 is 5.82 Å². The molecule has 1 aromatic rings. The Labute approximate surface area is 120 Å². The van der Waals surface area contributed by atoms with E-state index >= 15 is 0 Å². The molecule has 4 nitrogen and oxygen atoms in total. The van der Waals surface area contributed by atoms with Crippen molar-refractivity contribution in [3.63, 3.8) is 0 Å². The van der Waals surface area contributed by atoms with Crippen LogP contribution in [0.25, 0.3) is 0 Å². The van der Waals surface area contributed by atoms with Gasteiger partial charge in [-0.1, -0.05) is 0 Å². The average molecular weight is 271 g/mol. The molecule has 0 radical (unpaired) electrons. The number of fused-ring (bicyclic) bond motifs is 1. The van der Waals surface area contributed by atoms with Crippen molar-refractivity contribution in [2.45, 2.75) is 44.6 Å². The first kappa shape index (κ1) is 13.4. The minimum atomic E-state index is -0.133. The van der Waals surface area contributed by atoms with Crippen LogP contribution in [0.5, 0.6) is 0 Å². The summed E-state index contributed by atoms with van der Waals surface area (Å²) in [6.45, 7) is 3.90. The van der Waals surface area contributed by atoms with Crippen LogP contribution in [-0.2, 0) is 17.6 Å². The summed E-state index contributed by atoms with van der Waals surface area (Å²) in [5, 5.41) is 9.42. The molecule has 3 rings (SSSR count). The van der Waals surface area contributed by atoms with Crippen LogP contribution in [0, 0.1) is 11.3 Å². The van der Waals surface area contributed by atoms with Gasteiger partial charge in [0.2, 0.25) is 0 Å². The molecule has 0 amide bonds. The zero-order valence-electron chi connectivity index (χ0n) is 12.3. The number of methoxy groups -OCH3 is 1. The van der Waals surface area contributed by atoms with Crippen LogP contribution in [0.1, 0.15) is 43.0 Å². The molecule has 1 aliphatic carbocycles. The summed E-state index contributed by atoms with van der Waals surface area (Å²) >= 11 is 0. The van der Waals surface area contributed by atoms with Gasteiger partial charge in [0.15, 0.2) is 0 Å². The molecule has 106 valence electrons. The van der Waals surface area contributed by atoms with Crippen molar-refractivity contribution in [3.8, 4) is 6.07 Å². The Hall–Kier alpha value is -1.60. The van der Waals surface area contributed by atoms with Gasteiger partial charge in [-0.3, -0.25) is 0 Å². The molecule has 0 aromatic carbocycles. The Morgan fingerprint density at radius 1 is 1.40 bits per heavy atom. The number of pyridine rings is 1. The maximum Gasteiger partial charge on any atom is 0.146 e. The molecule has 0 spiro atoms. The minimum Gasteiger partial charge on any atom is -0.377 e. The molecule has 0 bridgehead atoms. The first-order valence-electron chi connectivity index (χ1n) is 7.38. The van der Waals surface area contributed by atoms with Crippen LogP contribution in [0.4, 0.5) is 5.82 Å².